The Bertz CT molecular complexity index is 693. The molecule has 1 atom stereocenters. The number of hydrogen-bond donors (Lipinski definition) is 1. The molecule has 0 spiro atoms. The third-order valence-corrected chi connectivity index (χ3v) is 4.36. The van der Waals surface area contributed by atoms with E-state index in [1.54, 1.807) is 0 Å². The lowest BCUT2D eigenvalue weighted by atomic mass is 10.0. The van der Waals surface area contributed by atoms with E-state index in [1.807, 2.05) is 53.3 Å². The molecule has 1 amide bonds. The molecule has 2 aromatic carbocycles. The number of rotatable bonds is 7. The van der Waals surface area contributed by atoms with Crippen LogP contribution < -0.4 is 10.2 Å². The van der Waals surface area contributed by atoms with Crippen LogP contribution in [-0.2, 0) is 11.2 Å². The minimum atomic E-state index is 0.0577. The summed E-state index contributed by atoms with van der Waals surface area (Å²) in [5, 5.41) is 3.08. The fraction of sp³-hybridized carbons (Fsp3) is 0.381. The van der Waals surface area contributed by atoms with Crippen molar-refractivity contribution < 1.29 is 4.79 Å². The Labute approximate surface area is 151 Å². The van der Waals surface area contributed by atoms with Crippen LogP contribution in [0.2, 0.25) is 0 Å². The number of carbonyl (C=O) groups excluding carboxylic acids is 1. The van der Waals surface area contributed by atoms with Crippen LogP contribution in [0.3, 0.4) is 0 Å². The zero-order valence-corrected chi connectivity index (χ0v) is 15.9. The minimum absolute atomic E-state index is 0.0577. The van der Waals surface area contributed by atoms with Crippen molar-refractivity contribution in [3.8, 4) is 0 Å². The van der Waals surface area contributed by atoms with Gasteiger partial charge in [0, 0.05) is 26.3 Å². The Morgan fingerprint density at radius 3 is 2.28 bits per heavy atom. The molecule has 0 aliphatic carbocycles. The standard InChI is InChI=1S/C21H29N3O/c1-16-7-6-8-17(13-16)14-21(25)22-15-20(24(4)5)18-9-11-19(12-10-18)23(2)3/h6-13,20H,14-15H2,1-5H3,(H,22,25)/t20-/m0/s1. The van der Waals surface area contributed by atoms with Crippen LogP contribution in [0.1, 0.15) is 22.7 Å². The summed E-state index contributed by atoms with van der Waals surface area (Å²) in [4.78, 5) is 16.5. The molecule has 0 aliphatic rings. The van der Waals surface area contributed by atoms with Crippen molar-refractivity contribution in [1.82, 2.24) is 10.2 Å². The van der Waals surface area contributed by atoms with Gasteiger partial charge >= 0.3 is 0 Å². The lowest BCUT2D eigenvalue weighted by Gasteiger charge is -2.26. The molecule has 0 bridgehead atoms. The number of carbonyl (C=O) groups is 1. The van der Waals surface area contributed by atoms with E-state index >= 15 is 0 Å². The minimum Gasteiger partial charge on any atom is -0.378 e. The van der Waals surface area contributed by atoms with Crippen molar-refractivity contribution in [2.45, 2.75) is 19.4 Å². The lowest BCUT2D eigenvalue weighted by molar-refractivity contribution is -0.120. The van der Waals surface area contributed by atoms with Crippen molar-refractivity contribution in [2.75, 3.05) is 39.6 Å². The predicted octanol–water partition coefficient (Wildman–Crippen LogP) is 3.02. The number of amides is 1. The molecule has 1 N–H and O–H groups in total. The van der Waals surface area contributed by atoms with Gasteiger partial charge in [0.15, 0.2) is 0 Å². The van der Waals surface area contributed by atoms with Gasteiger partial charge < -0.3 is 15.1 Å². The molecule has 0 heterocycles. The van der Waals surface area contributed by atoms with Crippen molar-refractivity contribution in [3.05, 3.63) is 65.2 Å². The zero-order chi connectivity index (χ0) is 18.4. The Morgan fingerprint density at radius 1 is 1.04 bits per heavy atom. The summed E-state index contributed by atoms with van der Waals surface area (Å²) in [6, 6.07) is 16.7. The first-order chi connectivity index (χ1) is 11.9. The first kappa shape index (κ1) is 19.0. The van der Waals surface area contributed by atoms with E-state index < -0.39 is 0 Å². The Hall–Kier alpha value is -2.33. The second kappa shape index (κ2) is 8.67. The normalized spacial score (nSPS) is 12.1. The predicted molar refractivity (Wildman–Crippen MR) is 105 cm³/mol. The molecule has 0 aromatic heterocycles. The van der Waals surface area contributed by atoms with Crippen molar-refractivity contribution in [2.24, 2.45) is 0 Å². The maximum Gasteiger partial charge on any atom is 0.224 e. The Kier molecular flexibility index (Phi) is 6.59. The molecule has 4 nitrogen and oxygen atoms in total. The molecule has 2 aromatic rings. The molecule has 2 rings (SSSR count). The van der Waals surface area contributed by atoms with Crippen LogP contribution in [0.4, 0.5) is 5.69 Å². The highest BCUT2D eigenvalue weighted by molar-refractivity contribution is 5.78. The fourth-order valence-electron chi connectivity index (χ4n) is 2.87. The second-order valence-electron chi connectivity index (χ2n) is 6.94. The van der Waals surface area contributed by atoms with Crippen LogP contribution in [0.15, 0.2) is 48.5 Å². The first-order valence-electron chi connectivity index (χ1n) is 8.63. The Morgan fingerprint density at radius 2 is 1.72 bits per heavy atom. The molecule has 0 radical (unpaired) electrons. The van der Waals surface area contributed by atoms with Gasteiger partial charge in [-0.05, 0) is 44.3 Å². The van der Waals surface area contributed by atoms with Gasteiger partial charge in [-0.1, -0.05) is 42.0 Å². The van der Waals surface area contributed by atoms with E-state index in [9.17, 15) is 4.79 Å². The van der Waals surface area contributed by atoms with Gasteiger partial charge in [0.1, 0.15) is 0 Å². The maximum atomic E-state index is 12.3. The largest absolute Gasteiger partial charge is 0.378 e. The van der Waals surface area contributed by atoms with E-state index in [4.69, 9.17) is 0 Å². The molecular weight excluding hydrogens is 310 g/mol. The summed E-state index contributed by atoms with van der Waals surface area (Å²) in [6.07, 6.45) is 0.418. The summed E-state index contributed by atoms with van der Waals surface area (Å²) >= 11 is 0. The summed E-state index contributed by atoms with van der Waals surface area (Å²) in [6.45, 7) is 2.64. The van der Waals surface area contributed by atoms with Crippen molar-refractivity contribution in [3.63, 3.8) is 0 Å². The van der Waals surface area contributed by atoms with E-state index in [-0.39, 0.29) is 11.9 Å². The molecule has 4 heteroatoms. The van der Waals surface area contributed by atoms with Crippen LogP contribution in [0.25, 0.3) is 0 Å². The molecule has 134 valence electrons. The lowest BCUT2D eigenvalue weighted by Crippen LogP contribution is -2.35. The molecule has 0 aliphatic heterocycles. The van der Waals surface area contributed by atoms with E-state index in [2.05, 4.69) is 45.4 Å². The number of benzene rings is 2. The van der Waals surface area contributed by atoms with Gasteiger partial charge in [-0.2, -0.15) is 0 Å². The van der Waals surface area contributed by atoms with Crippen molar-refractivity contribution >= 4 is 11.6 Å². The molecular formula is C21H29N3O. The Balaban J connectivity index is 1.98. The van der Waals surface area contributed by atoms with Crippen molar-refractivity contribution in [1.29, 1.82) is 0 Å². The summed E-state index contributed by atoms with van der Waals surface area (Å²) in [5.74, 6) is 0.0577. The van der Waals surface area contributed by atoms with Gasteiger partial charge in [0.05, 0.1) is 12.5 Å². The SMILES string of the molecule is Cc1cccc(CC(=O)NC[C@@H](c2ccc(N(C)C)cc2)N(C)C)c1. The van der Waals surface area contributed by atoms with Gasteiger partial charge in [0.2, 0.25) is 5.91 Å². The summed E-state index contributed by atoms with van der Waals surface area (Å²) in [5.41, 5.74) is 4.60. The smallest absolute Gasteiger partial charge is 0.224 e. The highest BCUT2D eigenvalue weighted by Gasteiger charge is 2.15. The van der Waals surface area contributed by atoms with E-state index in [1.165, 1.54) is 16.8 Å². The highest BCUT2D eigenvalue weighted by Crippen LogP contribution is 2.21. The summed E-state index contributed by atoms with van der Waals surface area (Å²) < 4.78 is 0. The van der Waals surface area contributed by atoms with Crippen LogP contribution >= 0.6 is 0 Å². The number of likely N-dealkylation sites (N-methyl/N-ethyl adjacent to an activating group) is 1. The average molecular weight is 339 g/mol. The van der Waals surface area contributed by atoms with Gasteiger partial charge in [-0.15, -0.1) is 0 Å². The van der Waals surface area contributed by atoms with E-state index in [0.717, 1.165) is 5.56 Å². The first-order valence-corrected chi connectivity index (χ1v) is 8.63. The molecule has 0 saturated carbocycles. The monoisotopic (exact) mass is 339 g/mol. The number of nitrogens with zero attached hydrogens (tertiary/aromatic N) is 2. The number of hydrogen-bond acceptors (Lipinski definition) is 3. The average Bonchev–Trinajstić information content (AvgIpc) is 2.55. The van der Waals surface area contributed by atoms with Crippen LogP contribution in [-0.4, -0.2) is 45.5 Å². The summed E-state index contributed by atoms with van der Waals surface area (Å²) in [7, 11) is 8.14. The zero-order valence-electron chi connectivity index (χ0n) is 15.9. The molecule has 25 heavy (non-hydrogen) atoms. The molecule has 0 unspecified atom stereocenters. The van der Waals surface area contributed by atoms with Gasteiger partial charge in [-0.25, -0.2) is 0 Å². The van der Waals surface area contributed by atoms with Gasteiger partial charge in [0.25, 0.3) is 0 Å². The third kappa shape index (κ3) is 5.61. The molecule has 0 fully saturated rings. The number of anilines is 1. The van der Waals surface area contributed by atoms with E-state index in [0.29, 0.717) is 13.0 Å². The number of aryl methyl sites for hydroxylation is 1. The second-order valence-corrected chi connectivity index (χ2v) is 6.94. The fourth-order valence-corrected chi connectivity index (χ4v) is 2.87. The third-order valence-electron chi connectivity index (χ3n) is 4.36. The highest BCUT2D eigenvalue weighted by atomic mass is 16.1. The number of nitrogens with one attached hydrogen (secondary N) is 1. The topological polar surface area (TPSA) is 35.6 Å². The maximum absolute atomic E-state index is 12.3. The van der Waals surface area contributed by atoms with Crippen LogP contribution in [0.5, 0.6) is 0 Å². The van der Waals surface area contributed by atoms with Gasteiger partial charge in [-0.3, -0.25) is 4.79 Å². The quantitative estimate of drug-likeness (QED) is 0.842. The molecule has 0 saturated heterocycles. The van der Waals surface area contributed by atoms with Crippen LogP contribution in [0, 0.1) is 6.92 Å².